The second kappa shape index (κ2) is 12.8. The third-order valence-corrected chi connectivity index (χ3v) is 12.9. The monoisotopic (exact) mass is 656 g/mol. The van der Waals surface area contributed by atoms with Gasteiger partial charge in [0, 0.05) is 0 Å². The minimum atomic E-state index is -4.64. The SMILES string of the molecule is [O-][Cl+3]([O-])([O-])O[Se]1=C(c2ccccc2)C=C(C=C2C=C(c3ccccc3)SC(c3ccccc3)=C2)C=C1c1ccccc1. The first-order valence-corrected chi connectivity index (χ1v) is 17.6. The molecule has 42 heavy (non-hydrogen) atoms. The molecular formula is C35H25ClO4SSe. The molecule has 0 saturated carbocycles. The minimum absolute atomic E-state index is 0.709. The maximum atomic E-state index is 11.9. The first-order valence-electron chi connectivity index (χ1n) is 13.1. The Kier molecular flexibility index (Phi) is 8.68. The van der Waals surface area contributed by atoms with E-state index < -0.39 is 24.0 Å². The van der Waals surface area contributed by atoms with Crippen LogP contribution in [0.15, 0.2) is 163 Å². The third kappa shape index (κ3) is 6.90. The van der Waals surface area contributed by atoms with Crippen molar-refractivity contribution in [1.29, 1.82) is 0 Å². The predicted molar refractivity (Wildman–Crippen MR) is 164 cm³/mol. The molecule has 0 aliphatic carbocycles. The quantitative estimate of drug-likeness (QED) is 0.262. The second-order valence-electron chi connectivity index (χ2n) is 9.45. The number of thioether (sulfide) groups is 1. The van der Waals surface area contributed by atoms with Crippen LogP contribution in [0.1, 0.15) is 22.3 Å². The molecule has 0 radical (unpaired) electrons. The summed E-state index contributed by atoms with van der Waals surface area (Å²) in [5.41, 5.74) is 5.78. The number of hydrogen-bond acceptors (Lipinski definition) is 5. The zero-order valence-electron chi connectivity index (χ0n) is 22.3. The molecule has 208 valence electrons. The van der Waals surface area contributed by atoms with E-state index in [1.807, 2.05) is 109 Å². The van der Waals surface area contributed by atoms with Gasteiger partial charge in [-0.3, -0.25) is 0 Å². The summed E-state index contributed by atoms with van der Waals surface area (Å²) in [5.74, 6) is 0. The van der Waals surface area contributed by atoms with Gasteiger partial charge in [0.05, 0.1) is 0 Å². The molecule has 2 heterocycles. The summed E-state index contributed by atoms with van der Waals surface area (Å²) in [6, 6.07) is 39.6. The predicted octanol–water partition coefficient (Wildman–Crippen LogP) is 5.01. The van der Waals surface area contributed by atoms with E-state index in [1.54, 1.807) is 11.8 Å². The van der Waals surface area contributed by atoms with Crippen LogP contribution in [0.2, 0.25) is 0 Å². The molecule has 0 N–H and O–H groups in total. The zero-order chi connectivity index (χ0) is 28.9. The van der Waals surface area contributed by atoms with E-state index in [-0.39, 0.29) is 0 Å². The normalized spacial score (nSPS) is 17.2. The molecule has 0 bridgehead atoms. The fourth-order valence-corrected chi connectivity index (χ4v) is 10.9. The molecule has 0 aromatic heterocycles. The van der Waals surface area contributed by atoms with E-state index in [0.717, 1.165) is 43.2 Å². The first kappa shape index (κ1) is 28.6. The van der Waals surface area contributed by atoms with E-state index in [2.05, 4.69) is 42.5 Å². The van der Waals surface area contributed by atoms with Crippen LogP contribution in [0.5, 0.6) is 0 Å². The van der Waals surface area contributed by atoms with Crippen molar-refractivity contribution in [3.8, 4) is 0 Å². The summed E-state index contributed by atoms with van der Waals surface area (Å²) >= 11 is -1.02. The van der Waals surface area contributed by atoms with Crippen LogP contribution in [0.25, 0.3) is 14.3 Å². The molecule has 7 heteroatoms. The maximum absolute atomic E-state index is 11.9. The number of allylic oxidation sites excluding steroid dienone is 7. The summed E-state index contributed by atoms with van der Waals surface area (Å²) in [7, 11) is -4.64. The number of halogens is 1. The Hall–Kier alpha value is -3.55. The fraction of sp³-hybridized carbons (Fsp3) is 0. The molecular weight excluding hydrogens is 631 g/mol. The van der Waals surface area contributed by atoms with E-state index >= 15 is 0 Å². The Morgan fingerprint density at radius 3 is 1.48 bits per heavy atom. The molecule has 0 spiro atoms. The van der Waals surface area contributed by atoms with Gasteiger partial charge in [-0.25, -0.2) is 0 Å². The Morgan fingerprint density at radius 2 is 1.00 bits per heavy atom. The summed E-state index contributed by atoms with van der Waals surface area (Å²) < 4.78 is 42.5. The molecule has 4 nitrogen and oxygen atoms in total. The number of rotatable bonds is 7. The van der Waals surface area contributed by atoms with Gasteiger partial charge in [-0.1, -0.05) is 0 Å². The number of benzene rings is 4. The second-order valence-corrected chi connectivity index (χ2v) is 15.2. The molecule has 1 unspecified atom stereocenters. The van der Waals surface area contributed by atoms with Gasteiger partial charge in [0.25, 0.3) is 0 Å². The standard InChI is InChI=1S/C35H25ClO4SSe/c37-36(38,39)40-42-34(30-17-9-3-10-18-30)24-27(25-35(42)31-19-11-4-12-20-31)21-26-22-32(28-13-5-1-6-14-28)41-33(23-26)29-15-7-2-8-16-29/h1-25H. The first-order chi connectivity index (χ1) is 20.4. The van der Waals surface area contributed by atoms with Gasteiger partial charge in [0.15, 0.2) is 0 Å². The van der Waals surface area contributed by atoms with Crippen LogP contribution in [-0.2, 0) is 3.37 Å². The van der Waals surface area contributed by atoms with Gasteiger partial charge < -0.3 is 0 Å². The average molecular weight is 656 g/mol. The summed E-state index contributed by atoms with van der Waals surface area (Å²) in [6.07, 6.45) is 10.3. The molecule has 0 fully saturated rings. The van der Waals surface area contributed by atoms with Crippen LogP contribution < -0.4 is 14.0 Å². The molecule has 6 rings (SSSR count). The van der Waals surface area contributed by atoms with Crippen LogP contribution >= 0.6 is 11.8 Å². The van der Waals surface area contributed by atoms with Crippen molar-refractivity contribution >= 4 is 44.3 Å². The van der Waals surface area contributed by atoms with Crippen molar-refractivity contribution in [2.24, 2.45) is 0 Å². The van der Waals surface area contributed by atoms with E-state index in [1.165, 1.54) is 0 Å². The fourth-order valence-electron chi connectivity index (χ4n) is 4.67. The molecule has 0 saturated heterocycles. The van der Waals surface area contributed by atoms with Gasteiger partial charge in [-0.05, 0) is 0 Å². The van der Waals surface area contributed by atoms with Gasteiger partial charge >= 0.3 is 257 Å². The summed E-state index contributed by atoms with van der Waals surface area (Å²) in [6.45, 7) is 0. The van der Waals surface area contributed by atoms with Crippen LogP contribution in [-0.4, -0.2) is 18.2 Å². The van der Waals surface area contributed by atoms with Gasteiger partial charge in [0.2, 0.25) is 0 Å². The van der Waals surface area contributed by atoms with E-state index in [0.29, 0.717) is 8.89 Å². The Bertz CT molecular complexity index is 1710. The van der Waals surface area contributed by atoms with Crippen LogP contribution in [0.4, 0.5) is 0 Å². The van der Waals surface area contributed by atoms with E-state index in [4.69, 9.17) is 3.37 Å². The molecule has 1 atom stereocenters. The molecule has 4 aromatic rings. The van der Waals surface area contributed by atoms with Crippen molar-refractivity contribution in [1.82, 2.24) is 0 Å². The van der Waals surface area contributed by atoms with Crippen molar-refractivity contribution < 1.29 is 27.6 Å². The molecule has 0 amide bonds. The molecule has 2 aliphatic heterocycles. The van der Waals surface area contributed by atoms with Crippen LogP contribution in [0, 0.1) is 10.2 Å². The van der Waals surface area contributed by atoms with Crippen molar-refractivity contribution in [3.63, 3.8) is 0 Å². The van der Waals surface area contributed by atoms with Gasteiger partial charge in [-0.2, -0.15) is 0 Å². The average Bonchev–Trinajstić information content (AvgIpc) is 3.02. The molecule has 4 aromatic carbocycles. The van der Waals surface area contributed by atoms with Crippen molar-refractivity contribution in [3.05, 3.63) is 185 Å². The zero-order valence-corrected chi connectivity index (χ0v) is 25.5. The Morgan fingerprint density at radius 1 is 0.548 bits per heavy atom. The summed E-state index contributed by atoms with van der Waals surface area (Å²) in [5, 5.41) is 0. The van der Waals surface area contributed by atoms with E-state index in [9.17, 15) is 14.0 Å². The number of hydrogen-bond donors (Lipinski definition) is 0. The van der Waals surface area contributed by atoms with Gasteiger partial charge in [-0.15, -0.1) is 0 Å². The Balaban J connectivity index is 1.54. The summed E-state index contributed by atoms with van der Waals surface area (Å²) in [4.78, 5) is 2.26. The third-order valence-electron chi connectivity index (χ3n) is 6.52. The van der Waals surface area contributed by atoms with Crippen molar-refractivity contribution in [2.45, 2.75) is 0 Å². The van der Waals surface area contributed by atoms with Gasteiger partial charge in [0.1, 0.15) is 0 Å². The Labute approximate surface area is 255 Å². The topological polar surface area (TPSA) is 78.4 Å². The van der Waals surface area contributed by atoms with Crippen LogP contribution in [0.3, 0.4) is 0 Å². The molecule has 2 aliphatic rings. The van der Waals surface area contributed by atoms with Crippen molar-refractivity contribution in [2.75, 3.05) is 0 Å².